The van der Waals surface area contributed by atoms with E-state index in [0.717, 1.165) is 19.3 Å². The van der Waals surface area contributed by atoms with E-state index in [1.54, 1.807) is 0 Å². The van der Waals surface area contributed by atoms with Crippen LogP contribution in [0.3, 0.4) is 0 Å². The highest BCUT2D eigenvalue weighted by Gasteiger charge is 2.56. The second-order valence-corrected chi connectivity index (χ2v) is 3.12. The molecule has 76 valence electrons. The molecule has 1 fully saturated rings. The summed E-state index contributed by atoms with van der Waals surface area (Å²) in [6.45, 7) is 4.38. The Kier molecular flexibility index (Phi) is 3.69. The number of unbranched alkanes of at least 4 members (excludes halogenated alkanes) is 2. The standard InChI is InChI=1S/C9H16O4/c1-3-5-6-7-11-8(10)9(4-2)12-13-9/h3-7H2,1-2H3. The molecule has 0 aliphatic carbocycles. The normalized spacial score (nSPS) is 18.3. The molecule has 0 unspecified atom stereocenters. The average molecular weight is 188 g/mol. The number of carbonyl (C=O) groups is 1. The number of hydrogen-bond donors (Lipinski definition) is 0. The van der Waals surface area contributed by atoms with E-state index in [1.165, 1.54) is 0 Å². The summed E-state index contributed by atoms with van der Waals surface area (Å²) in [5.74, 6) is -1.46. The number of ether oxygens (including phenoxy) is 1. The first-order valence-corrected chi connectivity index (χ1v) is 4.79. The van der Waals surface area contributed by atoms with Gasteiger partial charge in [-0.25, -0.2) is 4.79 Å². The van der Waals surface area contributed by atoms with Gasteiger partial charge in [0.15, 0.2) is 0 Å². The fraction of sp³-hybridized carbons (Fsp3) is 0.889. The van der Waals surface area contributed by atoms with Crippen molar-refractivity contribution in [3.63, 3.8) is 0 Å². The van der Waals surface area contributed by atoms with E-state index < -0.39 is 11.8 Å². The molecule has 0 aromatic carbocycles. The van der Waals surface area contributed by atoms with Gasteiger partial charge in [-0.3, -0.25) is 0 Å². The molecule has 0 N–H and O–H groups in total. The van der Waals surface area contributed by atoms with Crippen molar-refractivity contribution in [2.24, 2.45) is 0 Å². The zero-order valence-corrected chi connectivity index (χ0v) is 8.17. The smallest absolute Gasteiger partial charge is 0.372 e. The lowest BCUT2D eigenvalue weighted by atomic mass is 10.2. The predicted molar refractivity (Wildman–Crippen MR) is 45.7 cm³/mol. The van der Waals surface area contributed by atoms with Crippen molar-refractivity contribution < 1.29 is 19.3 Å². The predicted octanol–water partition coefficient (Wildman–Crippen LogP) is 1.79. The monoisotopic (exact) mass is 188 g/mol. The highest BCUT2D eigenvalue weighted by Crippen LogP contribution is 2.34. The molecule has 4 heteroatoms. The molecule has 13 heavy (non-hydrogen) atoms. The number of carbonyl (C=O) groups excluding carboxylic acids is 1. The van der Waals surface area contributed by atoms with Crippen LogP contribution in [0.15, 0.2) is 0 Å². The third-order valence-corrected chi connectivity index (χ3v) is 2.04. The second kappa shape index (κ2) is 4.58. The molecule has 0 aromatic heterocycles. The molecule has 0 radical (unpaired) electrons. The van der Waals surface area contributed by atoms with Crippen LogP contribution in [0.2, 0.25) is 0 Å². The molecule has 1 saturated heterocycles. The van der Waals surface area contributed by atoms with Crippen molar-refractivity contribution in [2.75, 3.05) is 6.61 Å². The van der Waals surface area contributed by atoms with Gasteiger partial charge in [0.1, 0.15) is 0 Å². The van der Waals surface area contributed by atoms with Crippen molar-refractivity contribution >= 4 is 5.97 Å². The Morgan fingerprint density at radius 3 is 2.46 bits per heavy atom. The SMILES string of the molecule is CCCCCOC(=O)C1(CC)OO1. The fourth-order valence-electron chi connectivity index (χ4n) is 1.01. The first-order valence-electron chi connectivity index (χ1n) is 4.79. The lowest BCUT2D eigenvalue weighted by molar-refractivity contribution is -0.151. The van der Waals surface area contributed by atoms with E-state index in [-0.39, 0.29) is 0 Å². The van der Waals surface area contributed by atoms with Gasteiger partial charge in [0.25, 0.3) is 0 Å². The molecule has 0 amide bonds. The van der Waals surface area contributed by atoms with Crippen molar-refractivity contribution in [1.29, 1.82) is 0 Å². The molecular formula is C9H16O4. The number of hydrogen-bond acceptors (Lipinski definition) is 4. The zero-order valence-electron chi connectivity index (χ0n) is 8.17. The fourth-order valence-corrected chi connectivity index (χ4v) is 1.01. The van der Waals surface area contributed by atoms with Crippen LogP contribution in [0, 0.1) is 0 Å². The van der Waals surface area contributed by atoms with Gasteiger partial charge in [0, 0.05) is 6.42 Å². The maximum atomic E-state index is 11.2. The van der Waals surface area contributed by atoms with Gasteiger partial charge in [0.05, 0.1) is 6.61 Å². The maximum Gasteiger partial charge on any atom is 0.372 e. The van der Waals surface area contributed by atoms with Crippen LogP contribution in [0.5, 0.6) is 0 Å². The largest absolute Gasteiger partial charge is 0.462 e. The number of esters is 1. The Hall–Kier alpha value is -0.610. The molecule has 1 rings (SSSR count). The van der Waals surface area contributed by atoms with E-state index in [2.05, 4.69) is 16.7 Å². The Morgan fingerprint density at radius 2 is 2.00 bits per heavy atom. The minimum Gasteiger partial charge on any atom is -0.462 e. The summed E-state index contributed by atoms with van der Waals surface area (Å²) in [5.41, 5.74) is 0. The van der Waals surface area contributed by atoms with Gasteiger partial charge < -0.3 is 4.74 Å². The average Bonchev–Trinajstić information content (AvgIpc) is 2.93. The van der Waals surface area contributed by atoms with Crippen LogP contribution < -0.4 is 0 Å². The second-order valence-electron chi connectivity index (χ2n) is 3.12. The van der Waals surface area contributed by atoms with Gasteiger partial charge in [0.2, 0.25) is 0 Å². The van der Waals surface area contributed by atoms with Crippen molar-refractivity contribution in [2.45, 2.75) is 45.3 Å². The van der Waals surface area contributed by atoms with Gasteiger partial charge in [-0.05, 0) is 6.42 Å². The molecule has 1 aliphatic rings. The summed E-state index contributed by atoms with van der Waals surface area (Å²) in [5, 5.41) is 0. The Morgan fingerprint density at radius 1 is 1.31 bits per heavy atom. The molecule has 1 heterocycles. The van der Waals surface area contributed by atoms with Crippen LogP contribution in [0.4, 0.5) is 0 Å². The Labute approximate surface area is 78.1 Å². The first kappa shape index (κ1) is 10.5. The van der Waals surface area contributed by atoms with E-state index in [0.29, 0.717) is 13.0 Å². The molecule has 0 aromatic rings. The minimum atomic E-state index is -1.06. The van der Waals surface area contributed by atoms with Crippen LogP contribution in [0.25, 0.3) is 0 Å². The summed E-state index contributed by atoms with van der Waals surface area (Å²) in [4.78, 5) is 20.4. The Bertz CT molecular complexity index is 174. The van der Waals surface area contributed by atoms with Crippen LogP contribution in [-0.4, -0.2) is 18.4 Å². The van der Waals surface area contributed by atoms with Crippen LogP contribution in [0.1, 0.15) is 39.5 Å². The molecule has 1 aliphatic heterocycles. The molecule has 0 atom stereocenters. The van der Waals surface area contributed by atoms with Gasteiger partial charge in [-0.15, -0.1) is 0 Å². The van der Waals surface area contributed by atoms with Crippen molar-refractivity contribution in [3.8, 4) is 0 Å². The summed E-state index contributed by atoms with van der Waals surface area (Å²) < 4.78 is 4.97. The molecule has 0 bridgehead atoms. The van der Waals surface area contributed by atoms with Gasteiger partial charge in [-0.2, -0.15) is 9.78 Å². The van der Waals surface area contributed by atoms with E-state index >= 15 is 0 Å². The molecule has 4 nitrogen and oxygen atoms in total. The minimum absolute atomic E-state index is 0.397. The zero-order chi connectivity index (χ0) is 9.73. The van der Waals surface area contributed by atoms with Crippen LogP contribution >= 0.6 is 0 Å². The molecular weight excluding hydrogens is 172 g/mol. The van der Waals surface area contributed by atoms with Gasteiger partial charge >= 0.3 is 11.8 Å². The third kappa shape index (κ3) is 2.67. The van der Waals surface area contributed by atoms with E-state index in [9.17, 15) is 4.79 Å². The van der Waals surface area contributed by atoms with Crippen molar-refractivity contribution in [1.82, 2.24) is 0 Å². The summed E-state index contributed by atoms with van der Waals surface area (Å²) in [6, 6.07) is 0. The molecule has 0 saturated carbocycles. The topological polar surface area (TPSA) is 51.4 Å². The van der Waals surface area contributed by atoms with Gasteiger partial charge in [-0.1, -0.05) is 26.7 Å². The maximum absolute atomic E-state index is 11.2. The highest BCUT2D eigenvalue weighted by atomic mass is 17.4. The lowest BCUT2D eigenvalue weighted by Gasteiger charge is -2.05. The molecule has 0 spiro atoms. The lowest BCUT2D eigenvalue weighted by Crippen LogP contribution is -2.26. The third-order valence-electron chi connectivity index (χ3n) is 2.04. The first-order chi connectivity index (χ1) is 6.25. The summed E-state index contributed by atoms with van der Waals surface area (Å²) in [6.07, 6.45) is 3.60. The van der Waals surface area contributed by atoms with Crippen molar-refractivity contribution in [3.05, 3.63) is 0 Å². The summed E-state index contributed by atoms with van der Waals surface area (Å²) in [7, 11) is 0. The Balaban J connectivity index is 2.11. The van der Waals surface area contributed by atoms with E-state index in [1.807, 2.05) is 6.92 Å². The van der Waals surface area contributed by atoms with Crippen LogP contribution in [-0.2, 0) is 19.3 Å². The summed E-state index contributed by atoms with van der Waals surface area (Å²) >= 11 is 0. The quantitative estimate of drug-likeness (QED) is 0.276. The van der Waals surface area contributed by atoms with E-state index in [4.69, 9.17) is 4.74 Å². The highest BCUT2D eigenvalue weighted by molar-refractivity contribution is 5.79. The number of rotatable bonds is 6.